The first-order chi connectivity index (χ1) is 9.02. The molecule has 1 aromatic carbocycles. The zero-order chi connectivity index (χ0) is 14.0. The highest BCUT2D eigenvalue weighted by Crippen LogP contribution is 2.33. The van der Waals surface area contributed by atoms with Crippen LogP contribution in [0.2, 0.25) is 0 Å². The minimum Gasteiger partial charge on any atom is -0.377 e. The summed E-state index contributed by atoms with van der Waals surface area (Å²) in [6.07, 6.45) is 1.35. The van der Waals surface area contributed by atoms with Gasteiger partial charge < -0.3 is 10.5 Å². The van der Waals surface area contributed by atoms with E-state index in [1.165, 1.54) is 5.56 Å². The summed E-state index contributed by atoms with van der Waals surface area (Å²) in [7, 11) is 2.16. The molecule has 0 spiro atoms. The maximum atomic E-state index is 6.25. The lowest BCUT2D eigenvalue weighted by molar-refractivity contribution is 0.0624. The molecule has 1 aliphatic heterocycles. The van der Waals surface area contributed by atoms with Crippen molar-refractivity contribution in [3.63, 3.8) is 0 Å². The Morgan fingerprint density at radius 3 is 2.63 bits per heavy atom. The Labute approximate surface area is 124 Å². The molecule has 4 atom stereocenters. The van der Waals surface area contributed by atoms with Crippen molar-refractivity contribution in [1.29, 1.82) is 0 Å². The largest absolute Gasteiger partial charge is 0.377 e. The van der Waals surface area contributed by atoms with E-state index in [0.717, 1.165) is 17.5 Å². The molecular formula is C15H23BrN2O. The van der Waals surface area contributed by atoms with E-state index >= 15 is 0 Å². The lowest BCUT2D eigenvalue weighted by Crippen LogP contribution is -2.45. The van der Waals surface area contributed by atoms with Gasteiger partial charge in [0.25, 0.3) is 0 Å². The van der Waals surface area contributed by atoms with Crippen LogP contribution >= 0.6 is 15.9 Å². The third kappa shape index (κ3) is 3.19. The highest BCUT2D eigenvalue weighted by Gasteiger charge is 2.34. The number of benzene rings is 1. The molecule has 2 N–H and O–H groups in total. The first-order valence-electron chi connectivity index (χ1n) is 6.86. The van der Waals surface area contributed by atoms with Gasteiger partial charge in [0.05, 0.1) is 12.1 Å². The zero-order valence-electron chi connectivity index (χ0n) is 11.8. The second-order valence-electron chi connectivity index (χ2n) is 5.42. The van der Waals surface area contributed by atoms with Crippen LogP contribution in [0.15, 0.2) is 28.7 Å². The average Bonchev–Trinajstić information content (AvgIpc) is 2.77. The Balaban J connectivity index is 2.28. The number of ether oxygens (including phenoxy) is 1. The van der Waals surface area contributed by atoms with Crippen LogP contribution in [0.3, 0.4) is 0 Å². The van der Waals surface area contributed by atoms with Crippen molar-refractivity contribution in [3.8, 4) is 0 Å². The van der Waals surface area contributed by atoms with E-state index in [9.17, 15) is 0 Å². The smallest absolute Gasteiger partial charge is 0.0703 e. The minimum absolute atomic E-state index is 0.0662. The third-order valence-electron chi connectivity index (χ3n) is 4.02. The fourth-order valence-corrected chi connectivity index (χ4v) is 3.57. The van der Waals surface area contributed by atoms with Gasteiger partial charge in [-0.05, 0) is 38.9 Å². The van der Waals surface area contributed by atoms with Gasteiger partial charge in [-0.3, -0.25) is 4.90 Å². The fraction of sp³-hybridized carbons (Fsp3) is 0.600. The molecule has 4 unspecified atom stereocenters. The highest BCUT2D eigenvalue weighted by atomic mass is 79.9. The summed E-state index contributed by atoms with van der Waals surface area (Å²) in [5.41, 5.74) is 7.50. The summed E-state index contributed by atoms with van der Waals surface area (Å²) >= 11 is 3.64. The monoisotopic (exact) mass is 326 g/mol. The molecule has 0 aliphatic carbocycles. The van der Waals surface area contributed by atoms with Crippen LogP contribution in [0, 0.1) is 0 Å². The molecular weight excluding hydrogens is 304 g/mol. The van der Waals surface area contributed by atoms with Crippen LogP contribution in [0.1, 0.15) is 31.9 Å². The lowest BCUT2D eigenvalue weighted by Gasteiger charge is -2.37. The van der Waals surface area contributed by atoms with Gasteiger partial charge in [0.15, 0.2) is 0 Å². The van der Waals surface area contributed by atoms with Gasteiger partial charge >= 0.3 is 0 Å². The summed E-state index contributed by atoms with van der Waals surface area (Å²) in [6.45, 7) is 5.06. The van der Waals surface area contributed by atoms with Gasteiger partial charge in [0.2, 0.25) is 0 Å². The van der Waals surface area contributed by atoms with Crippen LogP contribution in [0.5, 0.6) is 0 Å². The molecule has 0 saturated carbocycles. The summed E-state index contributed by atoms with van der Waals surface area (Å²) in [5.74, 6) is 0. The second-order valence-corrected chi connectivity index (χ2v) is 6.28. The summed E-state index contributed by atoms with van der Waals surface area (Å²) in [4.78, 5) is 2.38. The van der Waals surface area contributed by atoms with Crippen LogP contribution in [-0.4, -0.2) is 36.7 Å². The molecule has 4 heteroatoms. The van der Waals surface area contributed by atoms with E-state index in [4.69, 9.17) is 10.5 Å². The zero-order valence-corrected chi connectivity index (χ0v) is 13.4. The topological polar surface area (TPSA) is 38.5 Å². The van der Waals surface area contributed by atoms with E-state index in [0.29, 0.717) is 6.04 Å². The number of hydrogen-bond acceptors (Lipinski definition) is 3. The van der Waals surface area contributed by atoms with Crippen molar-refractivity contribution < 1.29 is 4.74 Å². The van der Waals surface area contributed by atoms with Gasteiger partial charge in [-0.15, -0.1) is 0 Å². The molecule has 2 rings (SSSR count). The summed E-state index contributed by atoms with van der Waals surface area (Å²) < 4.78 is 6.81. The van der Waals surface area contributed by atoms with E-state index in [2.05, 4.69) is 59.9 Å². The van der Waals surface area contributed by atoms with Crippen molar-refractivity contribution in [2.24, 2.45) is 5.73 Å². The lowest BCUT2D eigenvalue weighted by atomic mass is 9.96. The van der Waals surface area contributed by atoms with Crippen molar-refractivity contribution in [2.45, 2.75) is 44.5 Å². The quantitative estimate of drug-likeness (QED) is 0.924. The van der Waals surface area contributed by atoms with E-state index in [1.807, 2.05) is 6.07 Å². The van der Waals surface area contributed by atoms with Gasteiger partial charge in [0, 0.05) is 23.2 Å². The van der Waals surface area contributed by atoms with E-state index < -0.39 is 0 Å². The first-order valence-corrected chi connectivity index (χ1v) is 7.65. The molecule has 1 aliphatic rings. The van der Waals surface area contributed by atoms with E-state index in [1.54, 1.807) is 0 Å². The molecule has 19 heavy (non-hydrogen) atoms. The minimum atomic E-state index is 0.0662. The number of likely N-dealkylation sites (N-methyl/N-ethyl adjacent to an activating group) is 1. The van der Waals surface area contributed by atoms with Gasteiger partial charge in [-0.1, -0.05) is 34.1 Å². The van der Waals surface area contributed by atoms with Crippen molar-refractivity contribution in [2.75, 3.05) is 13.7 Å². The average molecular weight is 327 g/mol. The summed E-state index contributed by atoms with van der Waals surface area (Å²) in [6, 6.07) is 9.03. The van der Waals surface area contributed by atoms with Crippen LogP contribution in [0.25, 0.3) is 0 Å². The van der Waals surface area contributed by atoms with Crippen LogP contribution in [-0.2, 0) is 4.74 Å². The maximum absolute atomic E-state index is 6.25. The summed E-state index contributed by atoms with van der Waals surface area (Å²) in [5, 5.41) is 0. The molecule has 0 bridgehead atoms. The molecule has 1 fully saturated rings. The Hall–Kier alpha value is -0.420. The Morgan fingerprint density at radius 2 is 2.11 bits per heavy atom. The molecule has 3 nitrogen and oxygen atoms in total. The van der Waals surface area contributed by atoms with Crippen LogP contribution < -0.4 is 5.73 Å². The predicted molar refractivity (Wildman–Crippen MR) is 82.1 cm³/mol. The molecule has 1 saturated heterocycles. The van der Waals surface area contributed by atoms with Crippen molar-refractivity contribution in [3.05, 3.63) is 34.3 Å². The molecule has 0 aromatic heterocycles. The molecule has 0 amide bonds. The Bertz CT molecular complexity index is 424. The normalized spacial score (nSPS) is 26.6. The molecule has 1 aromatic rings. The molecule has 0 radical (unpaired) electrons. The number of nitrogens with zero attached hydrogens (tertiary/aromatic N) is 1. The fourth-order valence-electron chi connectivity index (χ4n) is 3.05. The van der Waals surface area contributed by atoms with Gasteiger partial charge in [-0.2, -0.15) is 0 Å². The first kappa shape index (κ1) is 15.0. The standard InChI is InChI=1S/C15H23BrN2O/c1-10(17)15(12-6-4-5-7-13(12)16)18(3)14-8-9-19-11(14)2/h4-7,10-11,14-15H,8-9,17H2,1-3H3. The second kappa shape index (κ2) is 6.35. The van der Waals surface area contributed by atoms with Crippen molar-refractivity contribution in [1.82, 2.24) is 4.90 Å². The number of nitrogens with two attached hydrogens (primary N) is 1. The maximum Gasteiger partial charge on any atom is 0.0703 e. The third-order valence-corrected chi connectivity index (χ3v) is 4.74. The number of rotatable bonds is 4. The SMILES string of the molecule is CC(N)C(c1ccccc1Br)N(C)C1CCOC1C. The van der Waals surface area contributed by atoms with Crippen molar-refractivity contribution >= 4 is 15.9 Å². The Kier molecular flexibility index (Phi) is 5.01. The van der Waals surface area contributed by atoms with Gasteiger partial charge in [-0.25, -0.2) is 0 Å². The van der Waals surface area contributed by atoms with Gasteiger partial charge in [0.1, 0.15) is 0 Å². The number of hydrogen-bond donors (Lipinski definition) is 1. The molecule has 106 valence electrons. The highest BCUT2D eigenvalue weighted by molar-refractivity contribution is 9.10. The van der Waals surface area contributed by atoms with E-state index in [-0.39, 0.29) is 18.2 Å². The molecule has 1 heterocycles. The predicted octanol–water partition coefficient (Wildman–Crippen LogP) is 2.95. The number of halogens is 1. The Morgan fingerprint density at radius 1 is 1.42 bits per heavy atom. The van der Waals surface area contributed by atoms with Crippen LogP contribution in [0.4, 0.5) is 0 Å².